The molecule has 1 rings (SSSR count). The minimum absolute atomic E-state index is 0.145. The van der Waals surface area contributed by atoms with Gasteiger partial charge in [0.05, 0.1) is 0 Å². The van der Waals surface area contributed by atoms with Gasteiger partial charge in [-0.2, -0.15) is 0 Å². The van der Waals surface area contributed by atoms with Crippen LogP contribution >= 0.6 is 0 Å². The molecule has 0 heterocycles. The van der Waals surface area contributed by atoms with Gasteiger partial charge in [0.25, 0.3) is 0 Å². The molecule has 0 unspecified atom stereocenters. The van der Waals surface area contributed by atoms with Gasteiger partial charge in [-0.15, -0.1) is 0 Å². The summed E-state index contributed by atoms with van der Waals surface area (Å²) in [6.45, 7) is 5.45. The third kappa shape index (κ3) is 5.02. The van der Waals surface area contributed by atoms with E-state index in [-0.39, 0.29) is 12.1 Å². The average Bonchev–Trinajstić information content (AvgIpc) is 2.09. The summed E-state index contributed by atoms with van der Waals surface area (Å²) < 4.78 is 13.0. The molecule has 15 heavy (non-hydrogen) atoms. The van der Waals surface area contributed by atoms with Gasteiger partial charge in [0.1, 0.15) is 5.60 Å². The van der Waals surface area contributed by atoms with Crippen molar-refractivity contribution in [2.24, 2.45) is 5.73 Å². The molecule has 0 spiro atoms. The van der Waals surface area contributed by atoms with Gasteiger partial charge < -0.3 is 15.8 Å². The van der Waals surface area contributed by atoms with Crippen LogP contribution in [0.1, 0.15) is 47.8 Å². The van der Waals surface area contributed by atoms with E-state index in [1.165, 1.54) is 0 Å². The number of hydrogen-bond donors (Lipinski definition) is 2. The number of hydrogen-bond acceptors (Lipinski definition) is 3. The van der Waals surface area contributed by atoms with Gasteiger partial charge in [0.2, 0.25) is 0 Å². The highest BCUT2D eigenvalue weighted by molar-refractivity contribution is 5.68. The van der Waals surface area contributed by atoms with Crippen LogP contribution in [0.25, 0.3) is 0 Å². The average molecular weight is 215 g/mol. The molecule has 0 aromatic rings. The summed E-state index contributed by atoms with van der Waals surface area (Å²) in [6, 6.07) is -0.327. The van der Waals surface area contributed by atoms with Crippen LogP contribution in [-0.4, -0.2) is 23.8 Å². The first-order valence-electron chi connectivity index (χ1n) is 6.04. The monoisotopic (exact) mass is 215 g/mol. The number of nitrogens with one attached hydrogen (secondary N) is 1. The van der Waals surface area contributed by atoms with E-state index >= 15 is 0 Å². The summed E-state index contributed by atoms with van der Waals surface area (Å²) in [4.78, 5) is 11.5. The van der Waals surface area contributed by atoms with E-state index in [1.807, 2.05) is 20.8 Å². The topological polar surface area (TPSA) is 64.3 Å². The number of nitrogens with two attached hydrogens (primary N) is 1. The lowest BCUT2D eigenvalue weighted by Gasteiger charge is -2.28. The molecule has 0 radical (unpaired) electrons. The lowest BCUT2D eigenvalue weighted by molar-refractivity contribution is 0.0491. The number of alkyl carbamates (subject to hydrolysis) is 1. The Morgan fingerprint density at radius 3 is 2.80 bits per heavy atom. The molecule has 88 valence electrons. The third-order valence-electron chi connectivity index (χ3n) is 2.23. The molecule has 0 bridgehead atoms. The number of ether oxygens (including phenoxy) is 1. The van der Waals surface area contributed by atoms with Crippen LogP contribution in [0.2, 0.25) is 0 Å². The van der Waals surface area contributed by atoms with Crippen molar-refractivity contribution in [3.05, 3.63) is 0 Å². The summed E-state index contributed by atoms with van der Waals surface area (Å²) in [5.41, 5.74) is 5.29. The predicted octanol–water partition coefficient (Wildman–Crippen LogP) is 1.78. The Bertz CT molecular complexity index is 253. The second-order valence-electron chi connectivity index (χ2n) is 5.04. The van der Waals surface area contributed by atoms with Crippen molar-refractivity contribution in [3.63, 3.8) is 0 Å². The van der Waals surface area contributed by atoms with Crippen molar-refractivity contribution in [3.8, 4) is 0 Å². The first-order chi connectivity index (χ1) is 7.29. The summed E-state index contributed by atoms with van der Waals surface area (Å²) in [5, 5.41) is 2.73. The van der Waals surface area contributed by atoms with E-state index in [4.69, 9.17) is 11.8 Å². The number of carbonyl (C=O) groups is 1. The molecule has 4 heteroatoms. The molecule has 1 aliphatic carbocycles. The molecule has 0 aromatic carbocycles. The highest BCUT2D eigenvalue weighted by Crippen LogP contribution is 2.17. The minimum atomic E-state index is -0.502. The van der Waals surface area contributed by atoms with Crippen LogP contribution in [0, 0.1) is 0 Å². The van der Waals surface area contributed by atoms with Gasteiger partial charge in [-0.25, -0.2) is 4.79 Å². The van der Waals surface area contributed by atoms with Crippen molar-refractivity contribution < 1.29 is 10.9 Å². The Balaban J connectivity index is 2.44. The highest BCUT2D eigenvalue weighted by atomic mass is 16.6. The predicted molar refractivity (Wildman–Crippen MR) is 59.6 cm³/mol. The lowest BCUT2D eigenvalue weighted by Crippen LogP contribution is -2.44. The van der Waals surface area contributed by atoms with Crippen LogP contribution in [0.4, 0.5) is 4.79 Å². The molecule has 4 nitrogen and oxygen atoms in total. The zero-order chi connectivity index (χ0) is 12.3. The number of carbonyl (C=O) groups excluding carboxylic acids is 1. The van der Waals surface area contributed by atoms with Gasteiger partial charge in [-0.3, -0.25) is 0 Å². The fourth-order valence-corrected chi connectivity index (χ4v) is 1.64. The van der Waals surface area contributed by atoms with Crippen LogP contribution in [0.3, 0.4) is 0 Å². The van der Waals surface area contributed by atoms with Gasteiger partial charge in [-0.1, -0.05) is 0 Å². The molecule has 0 aliphatic heterocycles. The van der Waals surface area contributed by atoms with Crippen LogP contribution in [0.5, 0.6) is 0 Å². The van der Waals surface area contributed by atoms with Crippen molar-refractivity contribution in [1.29, 1.82) is 0 Å². The van der Waals surface area contributed by atoms with Crippen LogP contribution in [0.15, 0.2) is 0 Å². The highest BCUT2D eigenvalue weighted by Gasteiger charge is 2.23. The van der Waals surface area contributed by atoms with Gasteiger partial charge in [0.15, 0.2) is 0 Å². The van der Waals surface area contributed by atoms with E-state index in [9.17, 15) is 4.79 Å². The van der Waals surface area contributed by atoms with E-state index in [0.29, 0.717) is 0 Å². The Hall–Kier alpha value is -0.770. The molecule has 3 N–H and O–H groups in total. The number of amides is 1. The first kappa shape index (κ1) is 10.7. The molecule has 1 saturated carbocycles. The van der Waals surface area contributed by atoms with E-state index < -0.39 is 18.1 Å². The van der Waals surface area contributed by atoms with Gasteiger partial charge >= 0.3 is 6.09 Å². The molecule has 1 amide bonds. The molecule has 0 aromatic heterocycles. The Morgan fingerprint density at radius 2 is 2.20 bits per heavy atom. The van der Waals surface area contributed by atoms with Crippen molar-refractivity contribution >= 4 is 6.09 Å². The van der Waals surface area contributed by atoms with Crippen molar-refractivity contribution in [1.82, 2.24) is 5.32 Å². The molecule has 3 atom stereocenters. The molecule has 0 saturated heterocycles. The smallest absolute Gasteiger partial charge is 0.407 e. The molecular formula is C11H22N2O2. The summed E-state index contributed by atoms with van der Waals surface area (Å²) in [6.07, 6.45) is 1.74. The second-order valence-corrected chi connectivity index (χ2v) is 5.04. The SMILES string of the molecule is [2H][C@H]1[C@H](N)CCC[C@@H]1NC(=O)OC(C)(C)C. The largest absolute Gasteiger partial charge is 0.444 e. The van der Waals surface area contributed by atoms with E-state index in [2.05, 4.69) is 5.32 Å². The molecule has 1 fully saturated rings. The molecule has 1 aliphatic rings. The van der Waals surface area contributed by atoms with Crippen molar-refractivity contribution in [2.45, 2.75) is 64.1 Å². The zero-order valence-electron chi connectivity index (χ0n) is 10.7. The standard InChI is InChI=1S/C11H22N2O2/c1-11(2,3)15-10(14)13-9-6-4-5-8(12)7-9/h8-9H,4-7,12H2,1-3H3,(H,13,14)/t8-,9+/m1/s1/i7D/t7-,8+,9-/m0. The maximum atomic E-state index is 11.5. The van der Waals surface area contributed by atoms with Gasteiger partial charge in [-0.05, 0) is 46.4 Å². The number of rotatable bonds is 1. The Morgan fingerprint density at radius 1 is 1.53 bits per heavy atom. The van der Waals surface area contributed by atoms with Gasteiger partial charge in [0, 0.05) is 13.5 Å². The Kier molecular flexibility index (Phi) is 3.46. The quantitative estimate of drug-likeness (QED) is 0.700. The Labute approximate surface area is 93.0 Å². The summed E-state index contributed by atoms with van der Waals surface area (Å²) in [7, 11) is 0. The van der Waals surface area contributed by atoms with Crippen molar-refractivity contribution in [2.75, 3.05) is 0 Å². The minimum Gasteiger partial charge on any atom is -0.444 e. The van der Waals surface area contributed by atoms with E-state index in [1.54, 1.807) is 0 Å². The zero-order valence-corrected chi connectivity index (χ0v) is 9.75. The van der Waals surface area contributed by atoms with Crippen LogP contribution < -0.4 is 11.1 Å². The fourth-order valence-electron chi connectivity index (χ4n) is 1.64. The fraction of sp³-hybridized carbons (Fsp3) is 0.909. The van der Waals surface area contributed by atoms with E-state index in [0.717, 1.165) is 19.3 Å². The third-order valence-corrected chi connectivity index (χ3v) is 2.23. The lowest BCUT2D eigenvalue weighted by atomic mass is 9.92. The maximum absolute atomic E-state index is 11.5. The first-order valence-corrected chi connectivity index (χ1v) is 5.47. The maximum Gasteiger partial charge on any atom is 0.407 e. The molecular weight excluding hydrogens is 192 g/mol. The summed E-state index contributed by atoms with van der Waals surface area (Å²) >= 11 is 0. The second kappa shape index (κ2) is 4.84. The van der Waals surface area contributed by atoms with Crippen LogP contribution in [-0.2, 0) is 4.74 Å². The normalized spacial score (nSPS) is 33.1. The summed E-state index contributed by atoms with van der Waals surface area (Å²) in [5.74, 6) is 0.